The van der Waals surface area contributed by atoms with E-state index < -0.39 is 29.9 Å². The molecule has 3 unspecified atom stereocenters. The van der Waals surface area contributed by atoms with Crippen LogP contribution in [0.25, 0.3) is 0 Å². The summed E-state index contributed by atoms with van der Waals surface area (Å²) in [7, 11) is 0. The molecular formula is C24H26O5. The molecule has 2 aromatic carbocycles. The summed E-state index contributed by atoms with van der Waals surface area (Å²) < 4.78 is 30.3. The topological polar surface area (TPSA) is 46.2 Å². The second kappa shape index (κ2) is 8.27. The van der Waals surface area contributed by atoms with Crippen LogP contribution in [0.3, 0.4) is 0 Å². The summed E-state index contributed by atoms with van der Waals surface area (Å²) in [5.74, 6) is 2.02. The van der Waals surface area contributed by atoms with E-state index in [2.05, 4.69) is 5.92 Å². The molecule has 0 saturated carbocycles. The lowest BCUT2D eigenvalue weighted by molar-refractivity contribution is -0.240. The van der Waals surface area contributed by atoms with E-state index in [0.29, 0.717) is 13.2 Å². The maximum Gasteiger partial charge on any atom is 0.192 e. The summed E-state index contributed by atoms with van der Waals surface area (Å²) >= 11 is 0. The quantitative estimate of drug-likeness (QED) is 0.671. The number of terminal acetylenes is 1. The van der Waals surface area contributed by atoms with Crippen molar-refractivity contribution in [1.82, 2.24) is 0 Å². The van der Waals surface area contributed by atoms with Crippen LogP contribution >= 0.6 is 0 Å². The van der Waals surface area contributed by atoms with Gasteiger partial charge in [-0.2, -0.15) is 0 Å². The Morgan fingerprint density at radius 3 is 2.14 bits per heavy atom. The van der Waals surface area contributed by atoms with Gasteiger partial charge in [-0.1, -0.05) is 66.6 Å². The molecule has 0 aromatic heterocycles. The van der Waals surface area contributed by atoms with Gasteiger partial charge in [0.05, 0.1) is 19.8 Å². The van der Waals surface area contributed by atoms with E-state index in [1.807, 2.05) is 74.5 Å². The van der Waals surface area contributed by atoms with Gasteiger partial charge in [-0.05, 0) is 25.0 Å². The minimum atomic E-state index is -1.09. The lowest BCUT2D eigenvalue weighted by Crippen LogP contribution is -2.49. The Morgan fingerprint density at radius 1 is 0.897 bits per heavy atom. The third-order valence-corrected chi connectivity index (χ3v) is 5.12. The smallest absolute Gasteiger partial charge is 0.192 e. The molecule has 4 atom stereocenters. The molecule has 5 nitrogen and oxygen atoms in total. The van der Waals surface area contributed by atoms with Crippen LogP contribution in [0.5, 0.6) is 0 Å². The zero-order valence-corrected chi connectivity index (χ0v) is 16.7. The lowest BCUT2D eigenvalue weighted by atomic mass is 9.96. The van der Waals surface area contributed by atoms with E-state index in [4.69, 9.17) is 30.1 Å². The molecule has 5 heteroatoms. The number of fused-ring (bicyclic) bond motifs is 1. The van der Waals surface area contributed by atoms with Gasteiger partial charge in [-0.3, -0.25) is 0 Å². The fraction of sp³-hybridized carbons (Fsp3) is 0.417. The number of hydrogen-bond acceptors (Lipinski definition) is 5. The average molecular weight is 394 g/mol. The van der Waals surface area contributed by atoms with E-state index in [0.717, 1.165) is 11.1 Å². The first kappa shape index (κ1) is 20.1. The average Bonchev–Trinajstić information content (AvgIpc) is 3.17. The van der Waals surface area contributed by atoms with Crippen LogP contribution in [0, 0.1) is 12.3 Å². The highest BCUT2D eigenvalue weighted by Crippen LogP contribution is 2.44. The Hall–Kier alpha value is -2.20. The highest BCUT2D eigenvalue weighted by molar-refractivity contribution is 5.21. The molecule has 2 heterocycles. The van der Waals surface area contributed by atoms with Gasteiger partial charge in [0.25, 0.3) is 0 Å². The van der Waals surface area contributed by atoms with Crippen LogP contribution in [-0.2, 0) is 36.9 Å². The van der Waals surface area contributed by atoms with Gasteiger partial charge in [-0.15, -0.1) is 6.42 Å². The number of benzene rings is 2. The second-order valence-corrected chi connectivity index (χ2v) is 7.82. The summed E-state index contributed by atoms with van der Waals surface area (Å²) in [5.41, 5.74) is 1.02. The Kier molecular flexibility index (Phi) is 5.73. The molecule has 2 aliphatic rings. The zero-order valence-electron chi connectivity index (χ0n) is 16.7. The molecule has 29 heavy (non-hydrogen) atoms. The number of ether oxygens (including phenoxy) is 5. The van der Waals surface area contributed by atoms with Gasteiger partial charge in [0.15, 0.2) is 17.7 Å². The highest BCUT2D eigenvalue weighted by Gasteiger charge is 2.62. The third kappa shape index (κ3) is 4.37. The molecule has 0 amide bonds. The summed E-state index contributed by atoms with van der Waals surface area (Å²) in [6.07, 6.45) is 4.39. The van der Waals surface area contributed by atoms with E-state index in [1.54, 1.807) is 0 Å². The Morgan fingerprint density at radius 2 is 1.52 bits per heavy atom. The molecule has 0 aliphatic carbocycles. The van der Waals surface area contributed by atoms with E-state index in [-0.39, 0.29) is 6.61 Å². The first-order valence-electron chi connectivity index (χ1n) is 9.80. The van der Waals surface area contributed by atoms with Crippen LogP contribution in [0.2, 0.25) is 0 Å². The van der Waals surface area contributed by atoms with Gasteiger partial charge >= 0.3 is 0 Å². The second-order valence-electron chi connectivity index (χ2n) is 7.82. The van der Waals surface area contributed by atoms with Crippen molar-refractivity contribution in [3.8, 4) is 12.3 Å². The minimum Gasteiger partial charge on any atom is -0.373 e. The first-order valence-corrected chi connectivity index (χ1v) is 9.80. The SMILES string of the molecule is C#C[C@]1(COCc2ccccc2)OC2OC(C)(C)OC2C1OCc1ccccc1. The summed E-state index contributed by atoms with van der Waals surface area (Å²) in [6, 6.07) is 19.9. The Balaban J connectivity index is 1.49. The molecule has 4 rings (SSSR count). The number of hydrogen-bond donors (Lipinski definition) is 0. The van der Waals surface area contributed by atoms with Gasteiger partial charge < -0.3 is 23.7 Å². The van der Waals surface area contributed by atoms with Crippen molar-refractivity contribution in [3.05, 3.63) is 71.8 Å². The molecule has 2 aromatic rings. The van der Waals surface area contributed by atoms with Gasteiger partial charge in [0, 0.05) is 0 Å². The van der Waals surface area contributed by atoms with E-state index in [9.17, 15) is 0 Å². The van der Waals surface area contributed by atoms with Crippen LogP contribution in [-0.4, -0.2) is 36.5 Å². The van der Waals surface area contributed by atoms with Crippen molar-refractivity contribution in [2.24, 2.45) is 0 Å². The normalized spacial score (nSPS) is 30.0. The van der Waals surface area contributed by atoms with Crippen molar-refractivity contribution < 1.29 is 23.7 Å². The molecule has 0 bridgehead atoms. The van der Waals surface area contributed by atoms with Crippen LogP contribution < -0.4 is 0 Å². The first-order chi connectivity index (χ1) is 14.0. The molecule has 0 N–H and O–H groups in total. The Labute approximate surface area is 171 Å². The molecule has 2 saturated heterocycles. The van der Waals surface area contributed by atoms with E-state index in [1.165, 1.54) is 0 Å². The van der Waals surface area contributed by atoms with Gasteiger partial charge in [0.2, 0.25) is 0 Å². The monoisotopic (exact) mass is 394 g/mol. The minimum absolute atomic E-state index is 0.179. The zero-order chi connectivity index (χ0) is 20.3. The predicted octanol–water partition coefficient (Wildman–Crippen LogP) is 3.67. The fourth-order valence-corrected chi connectivity index (χ4v) is 3.75. The van der Waals surface area contributed by atoms with Gasteiger partial charge in [0.1, 0.15) is 12.2 Å². The molecular weight excluding hydrogens is 368 g/mol. The summed E-state index contributed by atoms with van der Waals surface area (Å²) in [4.78, 5) is 0. The molecule has 2 fully saturated rings. The van der Waals surface area contributed by atoms with Crippen LogP contribution in [0.1, 0.15) is 25.0 Å². The molecule has 0 spiro atoms. The van der Waals surface area contributed by atoms with Crippen molar-refractivity contribution in [2.75, 3.05) is 6.61 Å². The number of rotatable bonds is 7. The lowest BCUT2D eigenvalue weighted by Gasteiger charge is -2.32. The van der Waals surface area contributed by atoms with Crippen LogP contribution in [0.15, 0.2) is 60.7 Å². The standard InChI is InChI=1S/C24H26O5/c1-4-24(17-25-15-18-11-7-5-8-12-18)21(26-16-19-13-9-6-10-14-19)20-22(29-24)28-23(2,3)27-20/h1,5-14,20-22H,15-17H2,2-3H3/t20?,21?,22?,24-/m1/s1. The highest BCUT2D eigenvalue weighted by atomic mass is 16.8. The molecule has 2 aliphatic heterocycles. The van der Waals surface area contributed by atoms with Crippen molar-refractivity contribution in [2.45, 2.75) is 56.9 Å². The van der Waals surface area contributed by atoms with Crippen molar-refractivity contribution >= 4 is 0 Å². The van der Waals surface area contributed by atoms with E-state index >= 15 is 0 Å². The predicted molar refractivity (Wildman–Crippen MR) is 108 cm³/mol. The Bertz CT molecular complexity index is 845. The maximum atomic E-state index is 6.25. The molecule has 152 valence electrons. The summed E-state index contributed by atoms with van der Waals surface area (Å²) in [6.45, 7) is 4.71. The van der Waals surface area contributed by atoms with Gasteiger partial charge in [-0.25, -0.2) is 0 Å². The maximum absolute atomic E-state index is 6.25. The van der Waals surface area contributed by atoms with Crippen molar-refractivity contribution in [1.29, 1.82) is 0 Å². The van der Waals surface area contributed by atoms with Crippen LogP contribution in [0.4, 0.5) is 0 Å². The van der Waals surface area contributed by atoms with Crippen molar-refractivity contribution in [3.63, 3.8) is 0 Å². The third-order valence-electron chi connectivity index (χ3n) is 5.12. The molecule has 0 radical (unpaired) electrons. The largest absolute Gasteiger partial charge is 0.373 e. The summed E-state index contributed by atoms with van der Waals surface area (Å²) in [5, 5.41) is 0. The fourth-order valence-electron chi connectivity index (χ4n) is 3.75.